The molecule has 0 aliphatic carbocycles. The summed E-state index contributed by atoms with van der Waals surface area (Å²) in [7, 11) is 1.65. The van der Waals surface area contributed by atoms with Crippen LogP contribution in [0.15, 0.2) is 42.7 Å². The molecule has 1 saturated heterocycles. The molecule has 3 aromatic heterocycles. The smallest absolute Gasteiger partial charge is 0.223 e. The fraction of sp³-hybridized carbons (Fsp3) is 0.333. The van der Waals surface area contributed by atoms with Crippen molar-refractivity contribution in [3.63, 3.8) is 0 Å². The van der Waals surface area contributed by atoms with Gasteiger partial charge in [0.1, 0.15) is 17.1 Å². The van der Waals surface area contributed by atoms with Crippen LogP contribution in [-0.2, 0) is 11.2 Å². The summed E-state index contributed by atoms with van der Waals surface area (Å²) in [5, 5.41) is 13.4. The molecule has 4 aromatic rings. The van der Waals surface area contributed by atoms with E-state index in [0.717, 1.165) is 59.9 Å². The fourth-order valence-corrected chi connectivity index (χ4v) is 3.88. The predicted molar refractivity (Wildman–Crippen MR) is 108 cm³/mol. The molecule has 0 radical (unpaired) electrons. The second kappa shape index (κ2) is 7.20. The normalized spacial score (nSPS) is 14.2. The van der Waals surface area contributed by atoms with Crippen molar-refractivity contribution in [2.24, 2.45) is 0 Å². The molecule has 5 rings (SSSR count). The Hall–Kier alpha value is -3.42. The van der Waals surface area contributed by atoms with Gasteiger partial charge in [-0.2, -0.15) is 5.10 Å². The van der Waals surface area contributed by atoms with Crippen LogP contribution in [0.4, 0.5) is 0 Å². The zero-order valence-corrected chi connectivity index (χ0v) is 16.3. The summed E-state index contributed by atoms with van der Waals surface area (Å²) in [6.07, 6.45) is 7.05. The van der Waals surface area contributed by atoms with Crippen molar-refractivity contribution in [2.75, 3.05) is 20.2 Å². The number of likely N-dealkylation sites (tertiary alicyclic amines) is 1. The minimum absolute atomic E-state index is 0.200. The lowest BCUT2D eigenvalue weighted by molar-refractivity contribution is -0.130. The summed E-state index contributed by atoms with van der Waals surface area (Å²) in [5.74, 6) is 1.80. The van der Waals surface area contributed by atoms with E-state index in [1.807, 2.05) is 56.5 Å². The third kappa shape index (κ3) is 3.20. The van der Waals surface area contributed by atoms with E-state index in [-0.39, 0.29) is 5.91 Å². The monoisotopic (exact) mass is 390 g/mol. The Balaban J connectivity index is 1.42. The van der Waals surface area contributed by atoms with Gasteiger partial charge >= 0.3 is 0 Å². The second-order valence-corrected chi connectivity index (χ2v) is 7.28. The molecule has 0 N–H and O–H groups in total. The van der Waals surface area contributed by atoms with E-state index in [1.165, 1.54) is 0 Å². The van der Waals surface area contributed by atoms with E-state index >= 15 is 0 Å². The molecule has 0 unspecified atom stereocenters. The van der Waals surface area contributed by atoms with Gasteiger partial charge < -0.3 is 9.64 Å². The number of benzene rings is 1. The number of hydrogen-bond donors (Lipinski definition) is 0. The zero-order valence-electron chi connectivity index (χ0n) is 16.3. The molecule has 1 aliphatic rings. The first-order valence-electron chi connectivity index (χ1n) is 9.87. The Bertz CT molecular complexity index is 1170. The predicted octanol–water partition coefficient (Wildman–Crippen LogP) is 2.61. The number of aryl methyl sites for hydroxylation is 1. The highest BCUT2D eigenvalue weighted by molar-refractivity contribution is 5.78. The van der Waals surface area contributed by atoms with Crippen LogP contribution < -0.4 is 4.74 Å². The largest absolute Gasteiger partial charge is 0.497 e. The van der Waals surface area contributed by atoms with E-state index in [2.05, 4.69) is 15.3 Å². The third-order valence-electron chi connectivity index (χ3n) is 5.50. The fourth-order valence-electron chi connectivity index (χ4n) is 3.88. The van der Waals surface area contributed by atoms with Crippen LogP contribution in [0.1, 0.15) is 25.1 Å². The summed E-state index contributed by atoms with van der Waals surface area (Å²) >= 11 is 0. The molecule has 1 amide bonds. The molecule has 8 nitrogen and oxygen atoms in total. The Kier molecular flexibility index (Phi) is 4.38. The second-order valence-electron chi connectivity index (χ2n) is 7.28. The highest BCUT2D eigenvalue weighted by Gasteiger charge is 2.19. The highest BCUT2D eigenvalue weighted by Crippen LogP contribution is 2.24. The lowest BCUT2D eigenvalue weighted by atomic mass is 10.1. The van der Waals surface area contributed by atoms with Gasteiger partial charge in [-0.3, -0.25) is 9.20 Å². The van der Waals surface area contributed by atoms with Gasteiger partial charge in [-0.15, -0.1) is 10.2 Å². The van der Waals surface area contributed by atoms with Crippen LogP contribution in [-0.4, -0.2) is 55.2 Å². The van der Waals surface area contributed by atoms with Gasteiger partial charge in [0.2, 0.25) is 5.91 Å². The number of carbonyl (C=O) groups is 1. The van der Waals surface area contributed by atoms with Crippen LogP contribution in [0.3, 0.4) is 0 Å². The van der Waals surface area contributed by atoms with E-state index in [9.17, 15) is 4.79 Å². The SMILES string of the molecule is COc1ccc(-c2cc3c4nnc(CCC(=O)N5CCCC5)n4ccn3n2)cc1. The number of rotatable bonds is 5. The van der Waals surface area contributed by atoms with Crippen LogP contribution in [0.5, 0.6) is 5.75 Å². The first-order chi connectivity index (χ1) is 14.2. The van der Waals surface area contributed by atoms with E-state index in [0.29, 0.717) is 12.8 Å². The molecule has 1 fully saturated rings. The number of aromatic nitrogens is 5. The van der Waals surface area contributed by atoms with Crippen molar-refractivity contribution in [1.29, 1.82) is 0 Å². The Morgan fingerprint density at radius 1 is 1.10 bits per heavy atom. The summed E-state index contributed by atoms with van der Waals surface area (Å²) in [6, 6.07) is 9.81. The topological polar surface area (TPSA) is 77.0 Å². The quantitative estimate of drug-likeness (QED) is 0.524. The minimum Gasteiger partial charge on any atom is -0.497 e. The molecule has 1 aromatic carbocycles. The number of fused-ring (bicyclic) bond motifs is 3. The number of methoxy groups -OCH3 is 1. The number of amides is 1. The molecule has 29 heavy (non-hydrogen) atoms. The standard InChI is InChI=1S/C21H22N6O2/c1-29-16-6-4-15(5-7-16)17-14-18-21-23-22-19(26(21)12-13-27(18)24-17)8-9-20(28)25-10-2-3-11-25/h4-7,12-14H,2-3,8-11H2,1H3. The van der Waals surface area contributed by atoms with E-state index < -0.39 is 0 Å². The number of nitrogens with zero attached hydrogens (tertiary/aromatic N) is 6. The van der Waals surface area contributed by atoms with Gasteiger partial charge in [-0.25, -0.2) is 4.52 Å². The molecule has 0 spiro atoms. The Morgan fingerprint density at radius 3 is 2.66 bits per heavy atom. The molecular weight excluding hydrogens is 368 g/mol. The van der Waals surface area contributed by atoms with Crippen molar-refractivity contribution in [3.05, 3.63) is 48.5 Å². The summed E-state index contributed by atoms with van der Waals surface area (Å²) in [4.78, 5) is 14.3. The van der Waals surface area contributed by atoms with E-state index in [1.54, 1.807) is 7.11 Å². The maximum atomic E-state index is 12.3. The van der Waals surface area contributed by atoms with Crippen molar-refractivity contribution in [1.82, 2.24) is 29.1 Å². The molecule has 148 valence electrons. The van der Waals surface area contributed by atoms with Gasteiger partial charge in [0.15, 0.2) is 5.65 Å². The average molecular weight is 390 g/mol. The third-order valence-corrected chi connectivity index (χ3v) is 5.50. The lowest BCUT2D eigenvalue weighted by Crippen LogP contribution is -2.27. The summed E-state index contributed by atoms with van der Waals surface area (Å²) in [6.45, 7) is 1.76. The maximum Gasteiger partial charge on any atom is 0.223 e. The van der Waals surface area contributed by atoms with Gasteiger partial charge in [-0.1, -0.05) is 0 Å². The molecular formula is C21H22N6O2. The first kappa shape index (κ1) is 17.7. The van der Waals surface area contributed by atoms with Gasteiger partial charge in [-0.05, 0) is 43.2 Å². The Morgan fingerprint density at radius 2 is 1.90 bits per heavy atom. The van der Waals surface area contributed by atoms with Gasteiger partial charge in [0.25, 0.3) is 0 Å². The van der Waals surface area contributed by atoms with Crippen molar-refractivity contribution < 1.29 is 9.53 Å². The summed E-state index contributed by atoms with van der Waals surface area (Å²) < 4.78 is 8.98. The first-order valence-corrected chi connectivity index (χ1v) is 9.87. The van der Waals surface area contributed by atoms with Crippen LogP contribution >= 0.6 is 0 Å². The van der Waals surface area contributed by atoms with Crippen molar-refractivity contribution in [2.45, 2.75) is 25.7 Å². The molecule has 8 heteroatoms. The number of ether oxygens (including phenoxy) is 1. The minimum atomic E-state index is 0.200. The molecule has 1 aliphatic heterocycles. The molecule has 4 heterocycles. The van der Waals surface area contributed by atoms with Gasteiger partial charge in [0, 0.05) is 43.9 Å². The highest BCUT2D eigenvalue weighted by atomic mass is 16.5. The van der Waals surface area contributed by atoms with E-state index in [4.69, 9.17) is 4.74 Å². The lowest BCUT2D eigenvalue weighted by Gasteiger charge is -2.14. The van der Waals surface area contributed by atoms with Crippen LogP contribution in [0.2, 0.25) is 0 Å². The average Bonchev–Trinajstić information content (AvgIpc) is 3.51. The number of carbonyl (C=O) groups excluding carboxylic acids is 1. The van der Waals surface area contributed by atoms with Crippen LogP contribution in [0, 0.1) is 0 Å². The Labute approximate surface area is 167 Å². The molecule has 0 bridgehead atoms. The van der Waals surface area contributed by atoms with Crippen LogP contribution in [0.25, 0.3) is 22.4 Å². The molecule has 0 atom stereocenters. The number of hydrogen-bond acceptors (Lipinski definition) is 5. The zero-order chi connectivity index (χ0) is 19.8. The van der Waals surface area contributed by atoms with Gasteiger partial charge in [0.05, 0.1) is 12.8 Å². The van der Waals surface area contributed by atoms with Crippen molar-refractivity contribution in [3.8, 4) is 17.0 Å². The molecule has 0 saturated carbocycles. The van der Waals surface area contributed by atoms with Crippen molar-refractivity contribution >= 4 is 17.1 Å². The maximum absolute atomic E-state index is 12.3. The summed E-state index contributed by atoms with van der Waals surface area (Å²) in [5.41, 5.74) is 3.48.